The number of amides is 1. The molecule has 1 aliphatic rings. The maximum absolute atomic E-state index is 13.0. The van der Waals surface area contributed by atoms with Gasteiger partial charge in [0.15, 0.2) is 5.78 Å². The standard InChI is InChI=1S/C26H27F6NO2/c1-2-3-4-5-6-17-7-8-18-13-19(9-10-22(18)23(17)34)24(35)33-15-16-11-20(25(27,28)29)14-21(12-16)26(30,31)32/h9-14,17H,2-8,15H2,1H3,(H,33,35). The second kappa shape index (κ2) is 10.8. The zero-order chi connectivity index (χ0) is 25.8. The topological polar surface area (TPSA) is 46.2 Å². The van der Waals surface area contributed by atoms with Crippen LogP contribution in [0.3, 0.4) is 0 Å². The lowest BCUT2D eigenvalue weighted by atomic mass is 9.79. The van der Waals surface area contributed by atoms with Gasteiger partial charge < -0.3 is 5.32 Å². The van der Waals surface area contributed by atoms with Crippen molar-refractivity contribution >= 4 is 11.7 Å². The highest BCUT2D eigenvalue weighted by Crippen LogP contribution is 2.36. The summed E-state index contributed by atoms with van der Waals surface area (Å²) in [7, 11) is 0. The second-order valence-electron chi connectivity index (χ2n) is 8.92. The minimum atomic E-state index is -4.96. The first-order valence-electron chi connectivity index (χ1n) is 11.6. The number of benzene rings is 2. The van der Waals surface area contributed by atoms with Gasteiger partial charge in [0.05, 0.1) is 11.1 Å². The third-order valence-electron chi connectivity index (χ3n) is 6.27. The fourth-order valence-corrected chi connectivity index (χ4v) is 4.36. The summed E-state index contributed by atoms with van der Waals surface area (Å²) in [6.45, 7) is 1.61. The highest BCUT2D eigenvalue weighted by Gasteiger charge is 2.37. The van der Waals surface area contributed by atoms with E-state index in [1.165, 1.54) is 6.07 Å². The lowest BCUT2D eigenvalue weighted by Crippen LogP contribution is -2.26. The molecule has 1 unspecified atom stereocenters. The van der Waals surface area contributed by atoms with Crippen LogP contribution in [0.25, 0.3) is 0 Å². The molecule has 1 N–H and O–H groups in total. The molecule has 1 aliphatic carbocycles. The van der Waals surface area contributed by atoms with Crippen LogP contribution in [0.5, 0.6) is 0 Å². The molecule has 2 aromatic carbocycles. The first-order chi connectivity index (χ1) is 16.4. The molecule has 0 fully saturated rings. The number of ketones is 1. The van der Waals surface area contributed by atoms with Crippen LogP contribution in [0.4, 0.5) is 26.3 Å². The van der Waals surface area contributed by atoms with Crippen LogP contribution in [0.15, 0.2) is 36.4 Å². The third-order valence-corrected chi connectivity index (χ3v) is 6.27. The van der Waals surface area contributed by atoms with Gasteiger partial charge in [0, 0.05) is 23.6 Å². The Hall–Kier alpha value is -2.84. The predicted octanol–water partition coefficient (Wildman–Crippen LogP) is 7.37. The fourth-order valence-electron chi connectivity index (χ4n) is 4.36. The van der Waals surface area contributed by atoms with Crippen molar-refractivity contribution in [1.82, 2.24) is 5.32 Å². The zero-order valence-electron chi connectivity index (χ0n) is 19.3. The van der Waals surface area contributed by atoms with E-state index in [1.807, 2.05) is 0 Å². The van der Waals surface area contributed by atoms with Gasteiger partial charge in [0.2, 0.25) is 0 Å². The highest BCUT2D eigenvalue weighted by molar-refractivity contribution is 6.02. The van der Waals surface area contributed by atoms with E-state index < -0.39 is 35.9 Å². The number of carbonyl (C=O) groups excluding carboxylic acids is 2. The monoisotopic (exact) mass is 499 g/mol. The number of alkyl halides is 6. The molecule has 0 aliphatic heterocycles. The van der Waals surface area contributed by atoms with Gasteiger partial charge in [-0.15, -0.1) is 0 Å². The van der Waals surface area contributed by atoms with Crippen LogP contribution in [-0.4, -0.2) is 11.7 Å². The molecule has 0 saturated carbocycles. The molecule has 3 rings (SSSR count). The minimum absolute atomic E-state index is 0.0391. The molecular weight excluding hydrogens is 472 g/mol. The van der Waals surface area contributed by atoms with Gasteiger partial charge in [0.25, 0.3) is 5.91 Å². The average Bonchev–Trinajstić information content (AvgIpc) is 2.80. The van der Waals surface area contributed by atoms with Crippen LogP contribution in [-0.2, 0) is 25.3 Å². The van der Waals surface area contributed by atoms with E-state index in [9.17, 15) is 35.9 Å². The normalized spacial score (nSPS) is 16.2. The lowest BCUT2D eigenvalue weighted by molar-refractivity contribution is -0.143. The molecule has 190 valence electrons. The molecule has 9 heteroatoms. The van der Waals surface area contributed by atoms with E-state index in [0.29, 0.717) is 30.5 Å². The Labute approximate surface area is 199 Å². The van der Waals surface area contributed by atoms with Crippen LogP contribution in [0, 0.1) is 5.92 Å². The first-order valence-corrected chi connectivity index (χ1v) is 11.6. The number of rotatable bonds is 8. The summed E-state index contributed by atoms with van der Waals surface area (Å²) in [4.78, 5) is 25.4. The van der Waals surface area contributed by atoms with Gasteiger partial charge in [-0.1, -0.05) is 38.7 Å². The maximum atomic E-state index is 13.0. The summed E-state index contributed by atoms with van der Waals surface area (Å²) in [6, 6.07) is 5.82. The zero-order valence-corrected chi connectivity index (χ0v) is 19.3. The van der Waals surface area contributed by atoms with Crippen molar-refractivity contribution in [2.24, 2.45) is 5.92 Å². The summed E-state index contributed by atoms with van der Waals surface area (Å²) in [5.41, 5.74) is -1.70. The number of Topliss-reactive ketones (excluding diaryl/α,β-unsaturated/α-hetero) is 1. The number of fused-ring (bicyclic) bond motifs is 1. The molecule has 2 aromatic rings. The molecule has 0 aromatic heterocycles. The van der Waals surface area contributed by atoms with Gasteiger partial charge in [-0.3, -0.25) is 9.59 Å². The van der Waals surface area contributed by atoms with Crippen molar-refractivity contribution < 1.29 is 35.9 Å². The SMILES string of the molecule is CCCCCCC1CCc2cc(C(=O)NCc3cc(C(F)(F)F)cc(C(F)(F)F)c3)ccc2C1=O. The van der Waals surface area contributed by atoms with Gasteiger partial charge in [0.1, 0.15) is 0 Å². The van der Waals surface area contributed by atoms with E-state index in [0.717, 1.165) is 37.7 Å². The van der Waals surface area contributed by atoms with E-state index in [1.54, 1.807) is 12.1 Å². The molecule has 0 saturated heterocycles. The molecule has 3 nitrogen and oxygen atoms in total. The number of unbranched alkanes of at least 4 members (excludes halogenated alkanes) is 3. The van der Waals surface area contributed by atoms with Crippen molar-refractivity contribution in [3.63, 3.8) is 0 Å². The molecule has 35 heavy (non-hydrogen) atoms. The van der Waals surface area contributed by atoms with Crippen molar-refractivity contribution in [2.45, 2.75) is 70.8 Å². The Bertz CT molecular complexity index is 1040. The van der Waals surface area contributed by atoms with Gasteiger partial charge in [-0.05, 0) is 60.7 Å². The highest BCUT2D eigenvalue weighted by atomic mass is 19.4. The Kier molecular flexibility index (Phi) is 8.28. The summed E-state index contributed by atoms with van der Waals surface area (Å²) >= 11 is 0. The van der Waals surface area contributed by atoms with Gasteiger partial charge >= 0.3 is 12.4 Å². The first kappa shape index (κ1) is 26.8. The molecular formula is C26H27F6NO2. The number of aryl methyl sites for hydroxylation is 1. The Morgan fingerprint density at radius 2 is 1.60 bits per heavy atom. The van der Waals surface area contributed by atoms with Crippen molar-refractivity contribution in [3.8, 4) is 0 Å². The van der Waals surface area contributed by atoms with Crippen LogP contribution in [0.1, 0.15) is 88.4 Å². The number of nitrogens with one attached hydrogen (secondary N) is 1. The molecule has 1 atom stereocenters. The van der Waals surface area contributed by atoms with E-state index >= 15 is 0 Å². The van der Waals surface area contributed by atoms with E-state index in [-0.39, 0.29) is 28.9 Å². The van der Waals surface area contributed by atoms with E-state index in [4.69, 9.17) is 0 Å². The Morgan fingerprint density at radius 1 is 0.943 bits per heavy atom. The molecule has 0 spiro atoms. The largest absolute Gasteiger partial charge is 0.416 e. The third kappa shape index (κ3) is 6.86. The summed E-state index contributed by atoms with van der Waals surface area (Å²) in [5, 5.41) is 2.38. The number of halogens is 6. The minimum Gasteiger partial charge on any atom is -0.348 e. The quantitative estimate of drug-likeness (QED) is 0.305. The Balaban J connectivity index is 1.69. The van der Waals surface area contributed by atoms with E-state index in [2.05, 4.69) is 12.2 Å². The Morgan fingerprint density at radius 3 is 2.20 bits per heavy atom. The smallest absolute Gasteiger partial charge is 0.348 e. The van der Waals surface area contributed by atoms with Crippen LogP contribution in [0.2, 0.25) is 0 Å². The van der Waals surface area contributed by atoms with Gasteiger partial charge in [-0.25, -0.2) is 0 Å². The summed E-state index contributed by atoms with van der Waals surface area (Å²) < 4.78 is 78.2. The summed E-state index contributed by atoms with van der Waals surface area (Å²) in [5.74, 6) is -0.631. The van der Waals surface area contributed by atoms with Crippen molar-refractivity contribution in [3.05, 3.63) is 69.8 Å². The molecule has 0 heterocycles. The van der Waals surface area contributed by atoms with Crippen molar-refractivity contribution in [1.29, 1.82) is 0 Å². The van der Waals surface area contributed by atoms with Gasteiger partial charge in [-0.2, -0.15) is 26.3 Å². The molecule has 1 amide bonds. The van der Waals surface area contributed by atoms with Crippen molar-refractivity contribution in [2.75, 3.05) is 0 Å². The number of hydrogen-bond acceptors (Lipinski definition) is 2. The predicted molar refractivity (Wildman–Crippen MR) is 119 cm³/mol. The number of carbonyl (C=O) groups is 2. The molecule has 0 bridgehead atoms. The summed E-state index contributed by atoms with van der Waals surface area (Å²) in [6.07, 6.45) is -3.45. The van der Waals surface area contributed by atoms with Crippen LogP contribution >= 0.6 is 0 Å². The number of hydrogen-bond donors (Lipinski definition) is 1. The second-order valence-corrected chi connectivity index (χ2v) is 8.92. The maximum Gasteiger partial charge on any atom is 0.416 e. The fraction of sp³-hybridized carbons (Fsp3) is 0.462. The van der Waals surface area contributed by atoms with Crippen LogP contribution < -0.4 is 5.32 Å². The lowest BCUT2D eigenvalue weighted by Gasteiger charge is -2.24. The average molecular weight is 499 g/mol. The molecule has 0 radical (unpaired) electrons.